The minimum atomic E-state index is -0.500. The second-order valence-corrected chi connectivity index (χ2v) is 7.06. The van der Waals surface area contributed by atoms with Gasteiger partial charge in [0.1, 0.15) is 5.60 Å². The predicted molar refractivity (Wildman–Crippen MR) is 86.5 cm³/mol. The van der Waals surface area contributed by atoms with Crippen LogP contribution in [0.1, 0.15) is 52.0 Å². The Morgan fingerprint density at radius 1 is 1.18 bits per heavy atom. The molecule has 1 saturated carbocycles. The number of aliphatic hydroxyl groups is 1. The van der Waals surface area contributed by atoms with Gasteiger partial charge < -0.3 is 14.7 Å². The summed E-state index contributed by atoms with van der Waals surface area (Å²) in [7, 11) is 0. The number of aliphatic hydroxyl groups excluding tert-OH is 1. The van der Waals surface area contributed by atoms with Gasteiger partial charge in [0.05, 0.1) is 6.10 Å². The van der Waals surface area contributed by atoms with Crippen molar-refractivity contribution in [1.82, 2.24) is 4.90 Å². The van der Waals surface area contributed by atoms with Gasteiger partial charge >= 0.3 is 6.09 Å². The molecular weight excluding hydrogens is 278 g/mol. The van der Waals surface area contributed by atoms with Crippen LogP contribution in [0.15, 0.2) is 30.3 Å². The highest BCUT2D eigenvalue weighted by molar-refractivity contribution is 5.68. The summed E-state index contributed by atoms with van der Waals surface area (Å²) >= 11 is 0. The molecule has 2 rings (SSSR count). The number of carbonyl (C=O) groups is 1. The molecule has 1 aromatic carbocycles. The van der Waals surface area contributed by atoms with Crippen molar-refractivity contribution >= 4 is 6.09 Å². The lowest BCUT2D eigenvalue weighted by molar-refractivity contribution is 0.00270. The smallest absolute Gasteiger partial charge is 0.410 e. The van der Waals surface area contributed by atoms with Crippen LogP contribution in [0.25, 0.3) is 0 Å². The largest absolute Gasteiger partial charge is 0.444 e. The van der Waals surface area contributed by atoms with E-state index < -0.39 is 5.60 Å². The van der Waals surface area contributed by atoms with E-state index in [9.17, 15) is 9.90 Å². The van der Waals surface area contributed by atoms with Crippen molar-refractivity contribution in [3.8, 4) is 0 Å². The van der Waals surface area contributed by atoms with E-state index >= 15 is 0 Å². The number of amides is 1. The summed E-state index contributed by atoms with van der Waals surface area (Å²) in [5, 5.41) is 9.69. The average Bonchev–Trinajstić information content (AvgIpc) is 2.45. The van der Waals surface area contributed by atoms with Crippen LogP contribution in [0.2, 0.25) is 0 Å². The molecule has 0 aromatic heterocycles. The SMILES string of the molecule is CC(C)(C)OC(=O)N(Cc1ccccc1)C1CCC(O)CC1. The standard InChI is InChI=1S/C18H27NO3/c1-18(2,3)22-17(21)19(13-14-7-5-4-6-8-14)15-9-11-16(20)12-10-15/h4-8,15-16,20H,9-13H2,1-3H3. The van der Waals surface area contributed by atoms with Crippen molar-refractivity contribution in [3.05, 3.63) is 35.9 Å². The normalized spacial score (nSPS) is 22.2. The van der Waals surface area contributed by atoms with Crippen LogP contribution >= 0.6 is 0 Å². The molecule has 0 unspecified atom stereocenters. The molecule has 0 saturated heterocycles. The van der Waals surface area contributed by atoms with Gasteiger partial charge in [-0.25, -0.2) is 4.79 Å². The fraction of sp³-hybridized carbons (Fsp3) is 0.611. The summed E-state index contributed by atoms with van der Waals surface area (Å²) in [6.07, 6.45) is 2.66. The second kappa shape index (κ2) is 7.14. The van der Waals surface area contributed by atoms with Crippen LogP contribution < -0.4 is 0 Å². The van der Waals surface area contributed by atoms with E-state index in [2.05, 4.69) is 0 Å². The van der Waals surface area contributed by atoms with Crippen molar-refractivity contribution < 1.29 is 14.6 Å². The molecule has 1 aromatic rings. The van der Waals surface area contributed by atoms with Crippen molar-refractivity contribution in [1.29, 1.82) is 0 Å². The summed E-state index contributed by atoms with van der Waals surface area (Å²) in [5.74, 6) is 0. The first-order chi connectivity index (χ1) is 10.3. The molecule has 0 radical (unpaired) electrons. The minimum absolute atomic E-state index is 0.137. The number of hydrogen-bond donors (Lipinski definition) is 1. The first kappa shape index (κ1) is 16.8. The van der Waals surface area contributed by atoms with Crippen molar-refractivity contribution in [3.63, 3.8) is 0 Å². The molecule has 1 aliphatic rings. The molecule has 1 amide bonds. The third kappa shape index (κ3) is 5.02. The Balaban J connectivity index is 2.11. The fourth-order valence-electron chi connectivity index (χ4n) is 2.81. The molecule has 0 atom stereocenters. The molecule has 1 aliphatic carbocycles. The zero-order valence-corrected chi connectivity index (χ0v) is 13.8. The molecule has 122 valence electrons. The van der Waals surface area contributed by atoms with Gasteiger partial charge in [-0.15, -0.1) is 0 Å². The highest BCUT2D eigenvalue weighted by Gasteiger charge is 2.31. The van der Waals surface area contributed by atoms with Gasteiger partial charge in [0, 0.05) is 12.6 Å². The van der Waals surface area contributed by atoms with Crippen LogP contribution in [0, 0.1) is 0 Å². The zero-order chi connectivity index (χ0) is 16.2. The first-order valence-electron chi connectivity index (χ1n) is 8.07. The summed E-state index contributed by atoms with van der Waals surface area (Å²) in [6, 6.07) is 10.1. The van der Waals surface area contributed by atoms with Crippen LogP contribution in [0.5, 0.6) is 0 Å². The number of hydrogen-bond acceptors (Lipinski definition) is 3. The van der Waals surface area contributed by atoms with Gasteiger partial charge in [0.25, 0.3) is 0 Å². The number of nitrogens with zero attached hydrogens (tertiary/aromatic N) is 1. The summed E-state index contributed by atoms with van der Waals surface area (Å²) < 4.78 is 5.58. The van der Waals surface area contributed by atoms with E-state index in [1.165, 1.54) is 0 Å². The number of ether oxygens (including phenoxy) is 1. The van der Waals surface area contributed by atoms with E-state index in [-0.39, 0.29) is 18.2 Å². The van der Waals surface area contributed by atoms with Gasteiger partial charge in [-0.1, -0.05) is 30.3 Å². The lowest BCUT2D eigenvalue weighted by Gasteiger charge is -2.36. The minimum Gasteiger partial charge on any atom is -0.444 e. The van der Waals surface area contributed by atoms with Gasteiger partial charge in [0.15, 0.2) is 0 Å². The van der Waals surface area contributed by atoms with E-state index in [4.69, 9.17) is 4.74 Å². The van der Waals surface area contributed by atoms with Gasteiger partial charge in [-0.2, -0.15) is 0 Å². The Labute approximate surface area is 133 Å². The molecule has 0 heterocycles. The highest BCUT2D eigenvalue weighted by atomic mass is 16.6. The van der Waals surface area contributed by atoms with E-state index in [0.29, 0.717) is 6.54 Å². The van der Waals surface area contributed by atoms with Crippen molar-refractivity contribution in [2.24, 2.45) is 0 Å². The van der Waals surface area contributed by atoms with E-state index in [1.54, 1.807) is 0 Å². The predicted octanol–water partition coefficient (Wildman–Crippen LogP) is 3.73. The Hall–Kier alpha value is -1.55. The monoisotopic (exact) mass is 305 g/mol. The molecule has 0 spiro atoms. The quantitative estimate of drug-likeness (QED) is 0.925. The summed E-state index contributed by atoms with van der Waals surface area (Å²) in [5.41, 5.74) is 0.597. The second-order valence-electron chi connectivity index (χ2n) is 7.06. The lowest BCUT2D eigenvalue weighted by atomic mass is 9.92. The maximum atomic E-state index is 12.6. The Morgan fingerprint density at radius 3 is 2.32 bits per heavy atom. The molecule has 4 heteroatoms. The third-order valence-electron chi connectivity index (χ3n) is 3.93. The Morgan fingerprint density at radius 2 is 1.77 bits per heavy atom. The maximum Gasteiger partial charge on any atom is 0.410 e. The molecule has 0 aliphatic heterocycles. The highest BCUT2D eigenvalue weighted by Crippen LogP contribution is 2.26. The third-order valence-corrected chi connectivity index (χ3v) is 3.93. The molecule has 0 bridgehead atoms. The topological polar surface area (TPSA) is 49.8 Å². The van der Waals surface area contributed by atoms with Gasteiger partial charge in [-0.3, -0.25) is 0 Å². The maximum absolute atomic E-state index is 12.6. The Kier molecular flexibility index (Phi) is 5.46. The lowest BCUT2D eigenvalue weighted by Crippen LogP contribution is -2.45. The molecular formula is C18H27NO3. The number of carbonyl (C=O) groups excluding carboxylic acids is 1. The average molecular weight is 305 g/mol. The van der Waals surface area contributed by atoms with Crippen LogP contribution in [-0.2, 0) is 11.3 Å². The van der Waals surface area contributed by atoms with Crippen molar-refractivity contribution in [2.75, 3.05) is 0 Å². The molecule has 22 heavy (non-hydrogen) atoms. The number of rotatable bonds is 3. The molecule has 1 N–H and O–H groups in total. The van der Waals surface area contributed by atoms with E-state index in [0.717, 1.165) is 31.2 Å². The summed E-state index contributed by atoms with van der Waals surface area (Å²) in [6.45, 7) is 6.21. The Bertz CT molecular complexity index is 473. The van der Waals surface area contributed by atoms with Crippen LogP contribution in [0.3, 0.4) is 0 Å². The fourth-order valence-corrected chi connectivity index (χ4v) is 2.81. The van der Waals surface area contributed by atoms with Crippen LogP contribution in [0.4, 0.5) is 4.79 Å². The van der Waals surface area contributed by atoms with Crippen LogP contribution in [-0.4, -0.2) is 33.8 Å². The molecule has 4 nitrogen and oxygen atoms in total. The van der Waals surface area contributed by atoms with E-state index in [1.807, 2.05) is 56.0 Å². The summed E-state index contributed by atoms with van der Waals surface area (Å²) in [4.78, 5) is 14.4. The van der Waals surface area contributed by atoms with Gasteiger partial charge in [-0.05, 0) is 52.0 Å². The first-order valence-corrected chi connectivity index (χ1v) is 8.07. The van der Waals surface area contributed by atoms with Crippen molar-refractivity contribution in [2.45, 2.75) is 70.7 Å². The number of benzene rings is 1. The molecule has 1 fully saturated rings. The van der Waals surface area contributed by atoms with Gasteiger partial charge in [0.2, 0.25) is 0 Å². The zero-order valence-electron chi connectivity index (χ0n) is 13.8.